The standard InChI is InChI=1S/C11H16N2O2S/c1-7-8(4-6-16)11(15)13-5-2-3-9(14)10(13)12-7/h9,14,16H,2-6H2,1H3. The number of nitrogens with zero attached hydrogens (tertiary/aromatic N) is 2. The Morgan fingerprint density at radius 2 is 2.38 bits per heavy atom. The van der Waals surface area contributed by atoms with Crippen LogP contribution in [-0.2, 0) is 13.0 Å². The number of thiol groups is 1. The van der Waals surface area contributed by atoms with Crippen molar-refractivity contribution in [1.29, 1.82) is 0 Å². The summed E-state index contributed by atoms with van der Waals surface area (Å²) in [6.45, 7) is 2.49. The zero-order valence-corrected chi connectivity index (χ0v) is 10.2. The molecule has 0 saturated heterocycles. The minimum absolute atomic E-state index is 0.00435. The van der Waals surface area contributed by atoms with E-state index in [1.807, 2.05) is 6.92 Å². The fourth-order valence-electron chi connectivity index (χ4n) is 2.16. The maximum absolute atomic E-state index is 12.1. The van der Waals surface area contributed by atoms with Crippen LogP contribution in [0.2, 0.25) is 0 Å². The first-order chi connectivity index (χ1) is 7.65. The van der Waals surface area contributed by atoms with Crippen LogP contribution in [0, 0.1) is 6.92 Å². The smallest absolute Gasteiger partial charge is 0.257 e. The van der Waals surface area contributed by atoms with Crippen LogP contribution in [0.15, 0.2) is 4.79 Å². The third-order valence-corrected chi connectivity index (χ3v) is 3.24. The molecule has 1 N–H and O–H groups in total. The molecular weight excluding hydrogens is 224 g/mol. The fraction of sp³-hybridized carbons (Fsp3) is 0.636. The van der Waals surface area contributed by atoms with E-state index in [4.69, 9.17) is 0 Å². The Kier molecular flexibility index (Phi) is 3.35. The molecule has 0 radical (unpaired) electrons. The quantitative estimate of drug-likeness (QED) is 0.754. The zero-order chi connectivity index (χ0) is 11.7. The minimum atomic E-state index is -0.592. The molecule has 0 aromatic carbocycles. The van der Waals surface area contributed by atoms with E-state index in [1.54, 1.807) is 4.57 Å². The monoisotopic (exact) mass is 240 g/mol. The Morgan fingerprint density at radius 1 is 1.62 bits per heavy atom. The SMILES string of the molecule is Cc1nc2n(c(=O)c1CCS)CCCC2O. The predicted molar refractivity (Wildman–Crippen MR) is 65.0 cm³/mol. The van der Waals surface area contributed by atoms with Gasteiger partial charge in [-0.3, -0.25) is 9.36 Å². The van der Waals surface area contributed by atoms with Gasteiger partial charge >= 0.3 is 0 Å². The summed E-state index contributed by atoms with van der Waals surface area (Å²) in [5.41, 5.74) is 1.45. The van der Waals surface area contributed by atoms with Crippen molar-refractivity contribution in [2.24, 2.45) is 0 Å². The molecular formula is C11H16N2O2S. The summed E-state index contributed by atoms with van der Waals surface area (Å²) in [4.78, 5) is 16.5. The molecule has 1 aromatic heterocycles. The molecule has 0 aliphatic carbocycles. The first-order valence-electron chi connectivity index (χ1n) is 5.54. The van der Waals surface area contributed by atoms with E-state index in [-0.39, 0.29) is 5.56 Å². The van der Waals surface area contributed by atoms with Crippen molar-refractivity contribution < 1.29 is 5.11 Å². The van der Waals surface area contributed by atoms with Gasteiger partial charge in [-0.2, -0.15) is 12.6 Å². The second kappa shape index (κ2) is 4.59. The summed E-state index contributed by atoms with van der Waals surface area (Å²) in [5.74, 6) is 1.16. The van der Waals surface area contributed by atoms with Crippen LogP contribution in [0.3, 0.4) is 0 Å². The molecule has 0 amide bonds. The summed E-state index contributed by atoms with van der Waals surface area (Å²) in [5, 5.41) is 9.79. The molecule has 4 nitrogen and oxygen atoms in total. The Hall–Kier alpha value is -0.810. The van der Waals surface area contributed by atoms with Crippen molar-refractivity contribution in [3.05, 3.63) is 27.4 Å². The third kappa shape index (κ3) is 1.89. The molecule has 16 heavy (non-hydrogen) atoms. The van der Waals surface area contributed by atoms with Crippen molar-refractivity contribution in [3.8, 4) is 0 Å². The second-order valence-electron chi connectivity index (χ2n) is 4.12. The van der Waals surface area contributed by atoms with E-state index < -0.39 is 6.10 Å². The molecule has 5 heteroatoms. The van der Waals surface area contributed by atoms with E-state index in [2.05, 4.69) is 17.6 Å². The lowest BCUT2D eigenvalue weighted by atomic mass is 10.1. The molecule has 1 aliphatic heterocycles. The van der Waals surface area contributed by atoms with Crippen molar-refractivity contribution in [2.75, 3.05) is 5.75 Å². The molecule has 2 heterocycles. The van der Waals surface area contributed by atoms with Crippen LogP contribution in [0.25, 0.3) is 0 Å². The molecule has 0 saturated carbocycles. The van der Waals surface area contributed by atoms with Gasteiger partial charge in [0.1, 0.15) is 11.9 Å². The number of hydrogen-bond acceptors (Lipinski definition) is 4. The number of aliphatic hydroxyl groups excluding tert-OH is 1. The highest BCUT2D eigenvalue weighted by Crippen LogP contribution is 2.22. The molecule has 0 fully saturated rings. The van der Waals surface area contributed by atoms with Gasteiger partial charge in [0.25, 0.3) is 5.56 Å². The average Bonchev–Trinajstić information content (AvgIpc) is 2.26. The van der Waals surface area contributed by atoms with Crippen molar-refractivity contribution >= 4 is 12.6 Å². The van der Waals surface area contributed by atoms with E-state index in [0.29, 0.717) is 31.0 Å². The van der Waals surface area contributed by atoms with E-state index >= 15 is 0 Å². The van der Waals surface area contributed by atoms with Crippen LogP contribution in [-0.4, -0.2) is 20.4 Å². The molecule has 1 aromatic rings. The van der Waals surface area contributed by atoms with E-state index in [1.165, 1.54) is 0 Å². The summed E-state index contributed by atoms with van der Waals surface area (Å²) in [6.07, 6.45) is 1.57. The highest BCUT2D eigenvalue weighted by atomic mass is 32.1. The van der Waals surface area contributed by atoms with Crippen molar-refractivity contribution in [1.82, 2.24) is 9.55 Å². The number of aliphatic hydroxyl groups is 1. The first kappa shape index (κ1) is 11.7. The largest absolute Gasteiger partial charge is 0.385 e. The van der Waals surface area contributed by atoms with Crippen molar-refractivity contribution in [2.45, 2.75) is 38.8 Å². The molecule has 88 valence electrons. The van der Waals surface area contributed by atoms with E-state index in [9.17, 15) is 9.90 Å². The third-order valence-electron chi connectivity index (χ3n) is 3.02. The van der Waals surface area contributed by atoms with Crippen molar-refractivity contribution in [3.63, 3.8) is 0 Å². The Balaban J connectivity index is 2.58. The van der Waals surface area contributed by atoms with Crippen LogP contribution < -0.4 is 5.56 Å². The van der Waals surface area contributed by atoms with Gasteiger partial charge in [-0.25, -0.2) is 4.98 Å². The van der Waals surface area contributed by atoms with Crippen LogP contribution in [0.5, 0.6) is 0 Å². The summed E-state index contributed by atoms with van der Waals surface area (Å²) >= 11 is 4.15. The van der Waals surface area contributed by atoms with Crippen LogP contribution in [0.1, 0.15) is 36.0 Å². The number of rotatable bonds is 2. The van der Waals surface area contributed by atoms with Gasteiger partial charge in [0, 0.05) is 17.8 Å². The minimum Gasteiger partial charge on any atom is -0.385 e. The van der Waals surface area contributed by atoms with Gasteiger partial charge in [-0.15, -0.1) is 0 Å². The lowest BCUT2D eigenvalue weighted by Crippen LogP contribution is -2.33. The van der Waals surface area contributed by atoms with Gasteiger partial charge in [-0.1, -0.05) is 0 Å². The highest BCUT2D eigenvalue weighted by Gasteiger charge is 2.22. The molecule has 1 aliphatic rings. The maximum Gasteiger partial charge on any atom is 0.257 e. The maximum atomic E-state index is 12.1. The molecule has 1 atom stereocenters. The topological polar surface area (TPSA) is 55.1 Å². The summed E-state index contributed by atoms with van der Waals surface area (Å²) < 4.78 is 1.61. The van der Waals surface area contributed by atoms with Crippen LogP contribution in [0.4, 0.5) is 0 Å². The zero-order valence-electron chi connectivity index (χ0n) is 9.31. The number of fused-ring (bicyclic) bond motifs is 1. The lowest BCUT2D eigenvalue weighted by molar-refractivity contribution is 0.130. The predicted octanol–water partition coefficient (Wildman–Crippen LogP) is 0.851. The first-order valence-corrected chi connectivity index (χ1v) is 6.17. The summed E-state index contributed by atoms with van der Waals surface area (Å²) in [6, 6.07) is 0. The van der Waals surface area contributed by atoms with Crippen LogP contribution >= 0.6 is 12.6 Å². The lowest BCUT2D eigenvalue weighted by Gasteiger charge is -2.23. The summed E-state index contributed by atoms with van der Waals surface area (Å²) in [7, 11) is 0. The van der Waals surface area contributed by atoms with Gasteiger partial charge in [0.2, 0.25) is 0 Å². The number of hydrogen-bond donors (Lipinski definition) is 2. The van der Waals surface area contributed by atoms with Gasteiger partial charge in [0.05, 0.1) is 0 Å². The second-order valence-corrected chi connectivity index (χ2v) is 4.57. The molecule has 0 bridgehead atoms. The van der Waals surface area contributed by atoms with E-state index in [0.717, 1.165) is 17.7 Å². The normalized spacial score (nSPS) is 19.6. The molecule has 2 rings (SSSR count). The fourth-order valence-corrected chi connectivity index (χ4v) is 2.39. The average molecular weight is 240 g/mol. The Bertz CT molecular complexity index is 456. The molecule has 0 spiro atoms. The molecule has 1 unspecified atom stereocenters. The number of aryl methyl sites for hydroxylation is 1. The Morgan fingerprint density at radius 3 is 3.06 bits per heavy atom. The van der Waals surface area contributed by atoms with Gasteiger partial charge in [-0.05, 0) is 31.9 Å². The van der Waals surface area contributed by atoms with Gasteiger partial charge < -0.3 is 5.11 Å². The Labute approximate surface area is 99.7 Å². The van der Waals surface area contributed by atoms with Gasteiger partial charge in [0.15, 0.2) is 0 Å². The highest BCUT2D eigenvalue weighted by molar-refractivity contribution is 7.80. The number of aromatic nitrogens is 2.